The van der Waals surface area contributed by atoms with Crippen LogP contribution in [0.1, 0.15) is 265 Å². The molecule has 0 aromatic heterocycles. The molecule has 1 amide bonds. The van der Waals surface area contributed by atoms with Crippen LogP contribution >= 0.6 is 0 Å². The van der Waals surface area contributed by atoms with Gasteiger partial charge in [-0.25, -0.2) is 0 Å². The number of esters is 1. The van der Waals surface area contributed by atoms with Gasteiger partial charge in [0, 0.05) is 6.42 Å². The summed E-state index contributed by atoms with van der Waals surface area (Å²) in [7, 11) is 0. The van der Waals surface area contributed by atoms with Gasteiger partial charge in [0.05, 0.1) is 25.2 Å². The largest absolute Gasteiger partial charge is 0.462 e. The Morgan fingerprint density at radius 2 is 0.836 bits per heavy atom. The van der Waals surface area contributed by atoms with E-state index in [1.54, 1.807) is 0 Å². The summed E-state index contributed by atoms with van der Waals surface area (Å²) in [6, 6.07) is -0.713. The molecule has 0 aliphatic rings. The van der Waals surface area contributed by atoms with E-state index >= 15 is 0 Å². The van der Waals surface area contributed by atoms with E-state index < -0.39 is 18.2 Å². The molecular formula is C55H101NO5. The van der Waals surface area contributed by atoms with Crippen molar-refractivity contribution in [2.24, 2.45) is 0 Å². The molecule has 6 heteroatoms. The summed E-state index contributed by atoms with van der Waals surface area (Å²) < 4.78 is 5.91. The van der Waals surface area contributed by atoms with E-state index in [-0.39, 0.29) is 24.9 Å². The molecule has 0 aromatic rings. The van der Waals surface area contributed by atoms with Crippen molar-refractivity contribution in [1.82, 2.24) is 5.32 Å². The first kappa shape index (κ1) is 58.8. The van der Waals surface area contributed by atoms with Gasteiger partial charge in [-0.3, -0.25) is 9.59 Å². The average molecular weight is 856 g/mol. The zero-order chi connectivity index (χ0) is 44.5. The second-order valence-electron chi connectivity index (χ2n) is 18.0. The maximum atomic E-state index is 13.2. The number of rotatable bonds is 47. The predicted molar refractivity (Wildman–Crippen MR) is 264 cm³/mol. The van der Waals surface area contributed by atoms with Gasteiger partial charge in [-0.1, -0.05) is 249 Å². The fourth-order valence-electron chi connectivity index (χ4n) is 7.97. The number of aliphatic hydroxyl groups excluding tert-OH is 2. The third kappa shape index (κ3) is 44.2. The van der Waals surface area contributed by atoms with Crippen molar-refractivity contribution in [3.8, 4) is 0 Å². The molecule has 6 nitrogen and oxygen atoms in total. The third-order valence-electron chi connectivity index (χ3n) is 12.0. The summed E-state index contributed by atoms with van der Waals surface area (Å²) in [6.07, 6.45) is 58.8. The number of hydrogen-bond donors (Lipinski definition) is 3. The number of hydrogen-bond acceptors (Lipinski definition) is 5. The van der Waals surface area contributed by atoms with Crippen molar-refractivity contribution in [2.45, 2.75) is 283 Å². The molecule has 0 rings (SSSR count). The quantitative estimate of drug-likeness (QED) is 0.0322. The Labute approximate surface area is 378 Å². The molecule has 61 heavy (non-hydrogen) atoms. The van der Waals surface area contributed by atoms with E-state index in [1.807, 2.05) is 0 Å². The lowest BCUT2D eigenvalue weighted by Gasteiger charge is -2.24. The number of aliphatic hydroxyl groups is 2. The molecule has 3 atom stereocenters. The highest BCUT2D eigenvalue weighted by Gasteiger charge is 2.24. The summed E-state index contributed by atoms with van der Waals surface area (Å²) >= 11 is 0. The lowest BCUT2D eigenvalue weighted by molar-refractivity contribution is -0.151. The molecular weight excluding hydrogens is 755 g/mol. The first-order valence-electron chi connectivity index (χ1n) is 26.4. The van der Waals surface area contributed by atoms with Gasteiger partial charge < -0.3 is 20.3 Å². The first-order valence-corrected chi connectivity index (χ1v) is 26.4. The number of allylic oxidation sites excluding steroid dienone is 8. The van der Waals surface area contributed by atoms with Crippen molar-refractivity contribution in [1.29, 1.82) is 0 Å². The Morgan fingerprint density at radius 3 is 1.30 bits per heavy atom. The van der Waals surface area contributed by atoms with Crippen LogP contribution in [0.3, 0.4) is 0 Å². The van der Waals surface area contributed by atoms with Crippen LogP contribution in [0.2, 0.25) is 0 Å². The molecule has 356 valence electrons. The van der Waals surface area contributed by atoms with Gasteiger partial charge in [0.25, 0.3) is 0 Å². The molecule has 0 aliphatic heterocycles. The molecule has 0 saturated heterocycles. The van der Waals surface area contributed by atoms with Crippen LogP contribution in [0.15, 0.2) is 48.6 Å². The van der Waals surface area contributed by atoms with E-state index in [2.05, 4.69) is 74.7 Å². The van der Waals surface area contributed by atoms with Gasteiger partial charge in [0.15, 0.2) is 0 Å². The average Bonchev–Trinajstić information content (AvgIpc) is 3.25. The fourth-order valence-corrected chi connectivity index (χ4v) is 7.97. The van der Waals surface area contributed by atoms with E-state index in [9.17, 15) is 19.8 Å². The number of ether oxygens (including phenoxy) is 1. The van der Waals surface area contributed by atoms with E-state index in [0.29, 0.717) is 19.3 Å². The zero-order valence-corrected chi connectivity index (χ0v) is 40.5. The van der Waals surface area contributed by atoms with Crippen LogP contribution in [0.5, 0.6) is 0 Å². The van der Waals surface area contributed by atoms with E-state index in [4.69, 9.17) is 4.74 Å². The summed E-state index contributed by atoms with van der Waals surface area (Å²) in [5, 5.41) is 23.8. The van der Waals surface area contributed by atoms with Crippen LogP contribution in [0.4, 0.5) is 0 Å². The summed E-state index contributed by atoms with van der Waals surface area (Å²) in [4.78, 5) is 26.1. The molecule has 0 fully saturated rings. The second kappa shape index (κ2) is 48.8. The smallest absolute Gasteiger partial charge is 0.306 e. The van der Waals surface area contributed by atoms with Crippen molar-refractivity contribution in [3.05, 3.63) is 48.6 Å². The van der Waals surface area contributed by atoms with Gasteiger partial charge in [-0.05, 0) is 51.4 Å². The van der Waals surface area contributed by atoms with Gasteiger partial charge in [0.2, 0.25) is 5.91 Å². The first-order chi connectivity index (χ1) is 30.0. The minimum atomic E-state index is -0.797. The molecule has 0 aliphatic carbocycles. The Hall–Kier alpha value is -2.18. The van der Waals surface area contributed by atoms with Crippen molar-refractivity contribution in [3.63, 3.8) is 0 Å². The van der Waals surface area contributed by atoms with Gasteiger partial charge in [0.1, 0.15) is 6.10 Å². The summed E-state index contributed by atoms with van der Waals surface area (Å²) in [5.74, 6) is -0.505. The maximum absolute atomic E-state index is 13.2. The Balaban J connectivity index is 4.62. The maximum Gasteiger partial charge on any atom is 0.306 e. The van der Waals surface area contributed by atoms with Crippen LogP contribution < -0.4 is 5.32 Å². The topological polar surface area (TPSA) is 95.9 Å². The van der Waals surface area contributed by atoms with E-state index in [0.717, 1.165) is 70.6 Å². The number of carbonyl (C=O) groups is 2. The van der Waals surface area contributed by atoms with E-state index in [1.165, 1.54) is 148 Å². The Kier molecular flexibility index (Phi) is 47.1. The molecule has 0 heterocycles. The SMILES string of the molecule is CCCCC/C=C/C=C/C=C/C=C/CCCCCC(CC(=O)NC(CO)C(O)CCCCCCCCCCCCCCCCC)OC(=O)CCCCCCCCCCCCC. The molecule has 0 saturated carbocycles. The van der Waals surface area contributed by atoms with Crippen LogP contribution in [0.25, 0.3) is 0 Å². The highest BCUT2D eigenvalue weighted by atomic mass is 16.5. The van der Waals surface area contributed by atoms with Gasteiger partial charge in [-0.2, -0.15) is 0 Å². The minimum Gasteiger partial charge on any atom is -0.462 e. The molecule has 0 aromatic carbocycles. The molecule has 0 bridgehead atoms. The monoisotopic (exact) mass is 856 g/mol. The number of nitrogens with one attached hydrogen (secondary N) is 1. The number of unbranched alkanes of at least 4 members (excludes halogenated alkanes) is 30. The summed E-state index contributed by atoms with van der Waals surface area (Å²) in [5.41, 5.74) is 0. The van der Waals surface area contributed by atoms with Gasteiger partial charge in [-0.15, -0.1) is 0 Å². The number of amides is 1. The third-order valence-corrected chi connectivity index (χ3v) is 12.0. The Bertz CT molecular complexity index is 1050. The second-order valence-corrected chi connectivity index (χ2v) is 18.0. The van der Waals surface area contributed by atoms with Crippen molar-refractivity contribution < 1.29 is 24.5 Å². The molecule has 0 spiro atoms. The van der Waals surface area contributed by atoms with Gasteiger partial charge >= 0.3 is 5.97 Å². The van der Waals surface area contributed by atoms with Crippen LogP contribution in [-0.2, 0) is 14.3 Å². The van der Waals surface area contributed by atoms with Crippen molar-refractivity contribution in [2.75, 3.05) is 6.61 Å². The number of carbonyl (C=O) groups excluding carboxylic acids is 2. The minimum absolute atomic E-state index is 0.0539. The predicted octanol–water partition coefficient (Wildman–Crippen LogP) is 15.8. The van der Waals surface area contributed by atoms with Crippen molar-refractivity contribution >= 4 is 11.9 Å². The fraction of sp³-hybridized carbons (Fsp3) is 0.818. The molecule has 3 N–H and O–H groups in total. The van der Waals surface area contributed by atoms with Crippen LogP contribution in [-0.4, -0.2) is 46.9 Å². The Morgan fingerprint density at radius 1 is 0.475 bits per heavy atom. The normalized spacial score (nSPS) is 13.6. The highest BCUT2D eigenvalue weighted by Crippen LogP contribution is 2.18. The lowest BCUT2D eigenvalue weighted by Crippen LogP contribution is -2.46. The molecule has 3 unspecified atom stereocenters. The highest BCUT2D eigenvalue weighted by molar-refractivity contribution is 5.77. The zero-order valence-electron chi connectivity index (χ0n) is 40.5. The summed E-state index contributed by atoms with van der Waals surface area (Å²) in [6.45, 7) is 6.44. The van der Waals surface area contributed by atoms with Crippen LogP contribution in [0, 0.1) is 0 Å². The molecule has 0 radical (unpaired) electrons. The lowest BCUT2D eigenvalue weighted by atomic mass is 10.0. The standard InChI is InChI=1S/C55H101NO5/c1-4-7-10-13-16-19-22-24-26-28-29-32-34-37-40-43-46-51(61-55(60)48-45-42-39-36-31-21-18-15-12-9-6-3)49-54(59)56-52(50-57)53(58)47-44-41-38-35-33-30-27-25-23-20-17-14-11-8-5-2/h16,19,22,24,26,28-29,32,51-53,57-58H,4-15,17-18,20-21,23,25,27,30-31,33-50H2,1-3H3,(H,56,59)/b19-16+,24-22+,28-26+,32-29+.